The van der Waals surface area contributed by atoms with E-state index in [9.17, 15) is 22.0 Å². The van der Waals surface area contributed by atoms with E-state index in [1.54, 1.807) is 0 Å². The Balaban J connectivity index is 4.37. The van der Waals surface area contributed by atoms with Gasteiger partial charge in [0, 0.05) is 0 Å². The van der Waals surface area contributed by atoms with E-state index in [1.165, 1.54) is 5.73 Å². The van der Waals surface area contributed by atoms with Gasteiger partial charge in [-0.1, -0.05) is 12.3 Å². The first-order chi connectivity index (χ1) is 4.39. The molecule has 0 heterocycles. The number of hydrogen-bond donors (Lipinski definition) is 0. The van der Waals surface area contributed by atoms with Crippen LogP contribution in [-0.2, 0) is 0 Å². The van der Waals surface area contributed by atoms with Crippen LogP contribution in [0.1, 0.15) is 0 Å². The Labute approximate surface area is 53.6 Å². The van der Waals surface area contributed by atoms with Crippen LogP contribution >= 0.6 is 0 Å². The molecule has 0 aliphatic rings. The maximum absolute atomic E-state index is 11.7. The van der Waals surface area contributed by atoms with Crippen molar-refractivity contribution in [2.45, 2.75) is 12.3 Å². The minimum atomic E-state index is -5.20. The molecule has 0 saturated heterocycles. The zero-order valence-corrected chi connectivity index (χ0v) is 4.67. The predicted molar refractivity (Wildman–Crippen MR) is 24.7 cm³/mol. The molecule has 58 valence electrons. The van der Waals surface area contributed by atoms with Gasteiger partial charge in [0.15, 0.2) is 5.83 Å². The minimum Gasteiger partial charge on any atom is -0.229 e. The molecule has 0 aliphatic carbocycles. The fraction of sp³-hybridized carbons (Fsp3) is 0.400. The summed E-state index contributed by atoms with van der Waals surface area (Å²) in [7, 11) is 0. The Morgan fingerprint density at radius 1 is 1.40 bits per heavy atom. The lowest BCUT2D eigenvalue weighted by Crippen LogP contribution is -2.24. The first-order valence-electron chi connectivity index (χ1n) is 2.16. The fourth-order valence-corrected chi connectivity index (χ4v) is 0.233. The predicted octanol–water partition coefficient (Wildman–Crippen LogP) is 2.53. The van der Waals surface area contributed by atoms with Crippen molar-refractivity contribution in [1.29, 1.82) is 0 Å². The summed E-state index contributed by atoms with van der Waals surface area (Å²) in [6.45, 7) is 2.52. The molecule has 0 spiro atoms. The van der Waals surface area contributed by atoms with E-state index in [0.717, 1.165) is 0 Å². The second-order valence-corrected chi connectivity index (χ2v) is 1.43. The van der Waals surface area contributed by atoms with Crippen LogP contribution in [0.5, 0.6) is 0 Å². The highest BCUT2D eigenvalue weighted by Crippen LogP contribution is 2.28. The Morgan fingerprint density at radius 2 is 1.80 bits per heavy atom. The zero-order valence-electron chi connectivity index (χ0n) is 4.67. The van der Waals surface area contributed by atoms with E-state index in [4.69, 9.17) is 0 Å². The summed E-state index contributed by atoms with van der Waals surface area (Å²) in [5.41, 5.74) is 1.18. The van der Waals surface area contributed by atoms with Crippen molar-refractivity contribution < 1.29 is 22.0 Å². The van der Waals surface area contributed by atoms with Crippen LogP contribution in [0.4, 0.5) is 22.0 Å². The van der Waals surface area contributed by atoms with E-state index >= 15 is 0 Å². The average molecular weight is 158 g/mol. The van der Waals surface area contributed by atoms with Gasteiger partial charge >= 0.3 is 6.18 Å². The summed E-state index contributed by atoms with van der Waals surface area (Å²) in [6, 6.07) is 0. The van der Waals surface area contributed by atoms with Crippen LogP contribution in [0.3, 0.4) is 0 Å². The Kier molecular flexibility index (Phi) is 2.60. The average Bonchev–Trinajstić information content (AvgIpc) is 1.83. The standard InChI is InChI=1S/C5H3F5/c1-2-3(6)4(7)5(8,9)10/h4H,1H2. The quantitative estimate of drug-likeness (QED) is 0.406. The summed E-state index contributed by atoms with van der Waals surface area (Å²) in [4.78, 5) is 0. The number of allylic oxidation sites excluding steroid dienone is 1. The number of hydrogen-bond acceptors (Lipinski definition) is 0. The number of rotatable bonds is 1. The zero-order chi connectivity index (χ0) is 8.36. The van der Waals surface area contributed by atoms with Gasteiger partial charge in [0.05, 0.1) is 0 Å². The summed E-state index contributed by atoms with van der Waals surface area (Å²) in [5, 5.41) is 0. The third-order valence-corrected chi connectivity index (χ3v) is 0.679. The van der Waals surface area contributed by atoms with Gasteiger partial charge in [0.1, 0.15) is 0 Å². The van der Waals surface area contributed by atoms with Crippen LogP contribution < -0.4 is 0 Å². The summed E-state index contributed by atoms with van der Waals surface area (Å²) < 4.78 is 56.9. The van der Waals surface area contributed by atoms with E-state index in [-0.39, 0.29) is 0 Å². The molecule has 0 aliphatic heterocycles. The largest absolute Gasteiger partial charge is 0.426 e. The molecule has 1 unspecified atom stereocenters. The van der Waals surface area contributed by atoms with Gasteiger partial charge in [-0.3, -0.25) is 0 Å². The van der Waals surface area contributed by atoms with Crippen LogP contribution in [0.25, 0.3) is 0 Å². The lowest BCUT2D eigenvalue weighted by Gasteiger charge is -2.07. The second kappa shape index (κ2) is 2.84. The van der Waals surface area contributed by atoms with Crippen molar-refractivity contribution in [3.05, 3.63) is 18.1 Å². The molecule has 0 aromatic rings. The molecular weight excluding hydrogens is 155 g/mol. The molecule has 0 saturated carbocycles. The molecule has 1 atom stereocenters. The topological polar surface area (TPSA) is 0 Å². The van der Waals surface area contributed by atoms with Gasteiger partial charge < -0.3 is 0 Å². The summed E-state index contributed by atoms with van der Waals surface area (Å²) in [5.74, 6) is -2.03. The molecule has 0 radical (unpaired) electrons. The van der Waals surface area contributed by atoms with Crippen LogP contribution in [0.2, 0.25) is 0 Å². The van der Waals surface area contributed by atoms with Crippen molar-refractivity contribution in [2.24, 2.45) is 0 Å². The molecular formula is C5H3F5. The molecule has 0 aromatic carbocycles. The molecule has 0 rings (SSSR count). The van der Waals surface area contributed by atoms with Crippen LogP contribution in [0, 0.1) is 0 Å². The normalized spacial score (nSPS) is 14.1. The monoisotopic (exact) mass is 158 g/mol. The van der Waals surface area contributed by atoms with Crippen LogP contribution in [-0.4, -0.2) is 12.3 Å². The summed E-state index contributed by atoms with van der Waals surface area (Å²) >= 11 is 0. The lowest BCUT2D eigenvalue weighted by atomic mass is 10.3. The lowest BCUT2D eigenvalue weighted by molar-refractivity contribution is -0.173. The number of halogens is 5. The molecule has 0 aromatic heterocycles. The van der Waals surface area contributed by atoms with Gasteiger partial charge in [-0.2, -0.15) is 17.6 Å². The highest BCUT2D eigenvalue weighted by atomic mass is 19.4. The molecule has 0 bridgehead atoms. The van der Waals surface area contributed by atoms with Gasteiger partial charge in [-0.05, 0) is 0 Å². The van der Waals surface area contributed by atoms with Gasteiger partial charge in [-0.25, -0.2) is 4.39 Å². The van der Waals surface area contributed by atoms with E-state index in [0.29, 0.717) is 0 Å². The molecule has 10 heavy (non-hydrogen) atoms. The molecule has 0 fully saturated rings. The van der Waals surface area contributed by atoms with Gasteiger partial charge in [0.25, 0.3) is 6.17 Å². The Bertz CT molecular complexity index is 161. The third-order valence-electron chi connectivity index (χ3n) is 0.679. The van der Waals surface area contributed by atoms with Crippen molar-refractivity contribution in [1.82, 2.24) is 0 Å². The van der Waals surface area contributed by atoms with Gasteiger partial charge in [-0.15, -0.1) is 0 Å². The van der Waals surface area contributed by atoms with Crippen molar-refractivity contribution in [3.63, 3.8) is 0 Å². The highest BCUT2D eigenvalue weighted by molar-refractivity contribution is 4.98. The second-order valence-electron chi connectivity index (χ2n) is 1.43. The Hall–Kier alpha value is -0.830. The molecule has 5 heteroatoms. The maximum Gasteiger partial charge on any atom is 0.426 e. The third kappa shape index (κ3) is 2.19. The van der Waals surface area contributed by atoms with E-state index < -0.39 is 18.2 Å². The highest BCUT2D eigenvalue weighted by Gasteiger charge is 2.43. The number of alkyl halides is 4. The molecule has 0 N–H and O–H groups in total. The smallest absolute Gasteiger partial charge is 0.229 e. The van der Waals surface area contributed by atoms with Crippen molar-refractivity contribution >= 4 is 0 Å². The minimum absolute atomic E-state index is 1.18. The van der Waals surface area contributed by atoms with Crippen molar-refractivity contribution in [2.75, 3.05) is 0 Å². The Morgan fingerprint density at radius 3 is 1.90 bits per heavy atom. The molecule has 0 amide bonds. The fourth-order valence-electron chi connectivity index (χ4n) is 0.233. The summed E-state index contributed by atoms with van der Waals surface area (Å²) in [6.07, 6.45) is -8.79. The van der Waals surface area contributed by atoms with E-state index in [1.807, 2.05) is 0 Å². The first kappa shape index (κ1) is 9.17. The SMILES string of the molecule is C=C=C(F)C(F)C(F)(F)F. The van der Waals surface area contributed by atoms with E-state index in [2.05, 4.69) is 6.58 Å². The van der Waals surface area contributed by atoms with Gasteiger partial charge in [0.2, 0.25) is 0 Å². The van der Waals surface area contributed by atoms with Crippen molar-refractivity contribution in [3.8, 4) is 0 Å². The first-order valence-corrected chi connectivity index (χ1v) is 2.16. The molecule has 0 nitrogen and oxygen atoms in total. The van der Waals surface area contributed by atoms with Crippen LogP contribution in [0.15, 0.2) is 18.1 Å². The maximum atomic E-state index is 11.7.